The van der Waals surface area contributed by atoms with Crippen LogP contribution in [0.4, 0.5) is 0 Å². The molecule has 0 saturated carbocycles. The van der Waals surface area contributed by atoms with Crippen molar-refractivity contribution in [3.05, 3.63) is 0 Å². The number of fused-ring (bicyclic) bond motifs is 1. The summed E-state index contributed by atoms with van der Waals surface area (Å²) in [6.07, 6.45) is 8.44. The molecular formula is C14H27N3. The van der Waals surface area contributed by atoms with Gasteiger partial charge in [0.05, 0.1) is 0 Å². The highest BCUT2D eigenvalue weighted by Gasteiger charge is 2.37. The second-order valence-corrected chi connectivity index (χ2v) is 6.18. The molecule has 3 atom stereocenters. The SMILES string of the molecule is CN1CCCCC1CNC1CCN2CCCC12. The van der Waals surface area contributed by atoms with E-state index in [0.717, 1.165) is 18.1 Å². The summed E-state index contributed by atoms with van der Waals surface area (Å²) in [5.41, 5.74) is 0. The third-order valence-electron chi connectivity index (χ3n) is 5.14. The molecule has 3 aliphatic heterocycles. The highest BCUT2D eigenvalue weighted by atomic mass is 15.2. The number of rotatable bonds is 3. The summed E-state index contributed by atoms with van der Waals surface area (Å²) in [4.78, 5) is 5.25. The lowest BCUT2D eigenvalue weighted by Crippen LogP contribution is -2.48. The van der Waals surface area contributed by atoms with E-state index < -0.39 is 0 Å². The first-order valence-electron chi connectivity index (χ1n) is 7.52. The van der Waals surface area contributed by atoms with Crippen molar-refractivity contribution in [2.45, 2.75) is 56.7 Å². The molecule has 3 rings (SSSR count). The Balaban J connectivity index is 1.47. The van der Waals surface area contributed by atoms with Gasteiger partial charge >= 0.3 is 0 Å². The molecule has 17 heavy (non-hydrogen) atoms. The maximum absolute atomic E-state index is 3.87. The van der Waals surface area contributed by atoms with Crippen molar-refractivity contribution in [1.82, 2.24) is 15.1 Å². The van der Waals surface area contributed by atoms with Crippen molar-refractivity contribution in [1.29, 1.82) is 0 Å². The van der Waals surface area contributed by atoms with Gasteiger partial charge in [-0.2, -0.15) is 0 Å². The molecule has 3 aliphatic rings. The molecular weight excluding hydrogens is 210 g/mol. The van der Waals surface area contributed by atoms with Crippen LogP contribution < -0.4 is 5.32 Å². The molecule has 3 saturated heterocycles. The van der Waals surface area contributed by atoms with Gasteiger partial charge in [0.1, 0.15) is 0 Å². The summed E-state index contributed by atoms with van der Waals surface area (Å²) in [6, 6.07) is 2.44. The van der Waals surface area contributed by atoms with Crippen LogP contribution in [-0.2, 0) is 0 Å². The normalized spacial score (nSPS) is 39.7. The molecule has 0 amide bonds. The maximum Gasteiger partial charge on any atom is 0.0250 e. The Labute approximate surface area is 106 Å². The zero-order valence-corrected chi connectivity index (χ0v) is 11.2. The topological polar surface area (TPSA) is 18.5 Å². The van der Waals surface area contributed by atoms with Crippen LogP contribution in [0.5, 0.6) is 0 Å². The summed E-state index contributed by atoms with van der Waals surface area (Å²) < 4.78 is 0. The number of piperidine rings is 1. The lowest BCUT2D eigenvalue weighted by atomic mass is 10.0. The number of nitrogens with one attached hydrogen (secondary N) is 1. The Kier molecular flexibility index (Phi) is 3.69. The fraction of sp³-hybridized carbons (Fsp3) is 1.00. The molecule has 3 heterocycles. The molecule has 3 nitrogen and oxygen atoms in total. The predicted octanol–water partition coefficient (Wildman–Crippen LogP) is 1.30. The van der Waals surface area contributed by atoms with E-state index in [1.54, 1.807) is 0 Å². The predicted molar refractivity (Wildman–Crippen MR) is 71.3 cm³/mol. The van der Waals surface area contributed by atoms with Crippen LogP contribution in [0.25, 0.3) is 0 Å². The molecule has 0 radical (unpaired) electrons. The van der Waals surface area contributed by atoms with Gasteiger partial charge in [0.2, 0.25) is 0 Å². The van der Waals surface area contributed by atoms with Crippen molar-refractivity contribution < 1.29 is 0 Å². The number of hydrogen-bond acceptors (Lipinski definition) is 3. The second-order valence-electron chi connectivity index (χ2n) is 6.18. The Hall–Kier alpha value is -0.120. The first-order valence-corrected chi connectivity index (χ1v) is 7.52. The minimum atomic E-state index is 0.785. The van der Waals surface area contributed by atoms with E-state index in [2.05, 4.69) is 22.2 Å². The molecule has 0 spiro atoms. The van der Waals surface area contributed by atoms with E-state index in [9.17, 15) is 0 Å². The fourth-order valence-electron chi connectivity index (χ4n) is 4.01. The van der Waals surface area contributed by atoms with Gasteiger partial charge in [-0.05, 0) is 52.2 Å². The van der Waals surface area contributed by atoms with Crippen molar-refractivity contribution in [2.75, 3.05) is 33.2 Å². The zero-order chi connectivity index (χ0) is 11.7. The van der Waals surface area contributed by atoms with Crippen molar-refractivity contribution in [2.24, 2.45) is 0 Å². The number of likely N-dealkylation sites (N-methyl/N-ethyl adjacent to an activating group) is 1. The summed E-state index contributed by atoms with van der Waals surface area (Å²) in [5.74, 6) is 0. The summed E-state index contributed by atoms with van der Waals surface area (Å²) in [5, 5.41) is 3.87. The quantitative estimate of drug-likeness (QED) is 0.798. The van der Waals surface area contributed by atoms with Crippen LogP contribution in [0, 0.1) is 0 Å². The van der Waals surface area contributed by atoms with Crippen molar-refractivity contribution in [3.63, 3.8) is 0 Å². The largest absolute Gasteiger partial charge is 0.311 e. The van der Waals surface area contributed by atoms with Crippen LogP contribution in [0.15, 0.2) is 0 Å². The van der Waals surface area contributed by atoms with Crippen LogP contribution in [0.3, 0.4) is 0 Å². The summed E-state index contributed by atoms with van der Waals surface area (Å²) in [7, 11) is 2.29. The van der Waals surface area contributed by atoms with E-state index in [0.29, 0.717) is 0 Å². The smallest absolute Gasteiger partial charge is 0.0250 e. The molecule has 3 heteroatoms. The lowest BCUT2D eigenvalue weighted by molar-refractivity contribution is 0.174. The van der Waals surface area contributed by atoms with Crippen molar-refractivity contribution in [3.8, 4) is 0 Å². The van der Waals surface area contributed by atoms with Gasteiger partial charge < -0.3 is 10.2 Å². The van der Waals surface area contributed by atoms with E-state index >= 15 is 0 Å². The van der Waals surface area contributed by atoms with Crippen LogP contribution in [0.1, 0.15) is 38.5 Å². The monoisotopic (exact) mass is 237 g/mol. The van der Waals surface area contributed by atoms with Gasteiger partial charge in [0.15, 0.2) is 0 Å². The minimum Gasteiger partial charge on any atom is -0.311 e. The van der Waals surface area contributed by atoms with E-state index in [1.165, 1.54) is 64.7 Å². The van der Waals surface area contributed by atoms with Gasteiger partial charge in [0.25, 0.3) is 0 Å². The molecule has 98 valence electrons. The van der Waals surface area contributed by atoms with Gasteiger partial charge in [-0.25, -0.2) is 0 Å². The Morgan fingerprint density at radius 3 is 2.82 bits per heavy atom. The molecule has 0 aromatic heterocycles. The molecule has 0 aromatic carbocycles. The van der Waals surface area contributed by atoms with E-state index in [4.69, 9.17) is 0 Å². The third-order valence-corrected chi connectivity index (χ3v) is 5.14. The van der Waals surface area contributed by atoms with Crippen LogP contribution >= 0.6 is 0 Å². The van der Waals surface area contributed by atoms with Crippen molar-refractivity contribution >= 4 is 0 Å². The molecule has 3 unspecified atom stereocenters. The Morgan fingerprint density at radius 1 is 1.00 bits per heavy atom. The first-order chi connectivity index (χ1) is 8.34. The number of hydrogen-bond donors (Lipinski definition) is 1. The number of likely N-dealkylation sites (tertiary alicyclic amines) is 1. The highest BCUT2D eigenvalue weighted by Crippen LogP contribution is 2.28. The Bertz CT molecular complexity index is 256. The zero-order valence-electron chi connectivity index (χ0n) is 11.2. The van der Waals surface area contributed by atoms with Gasteiger partial charge in [0, 0.05) is 31.2 Å². The van der Waals surface area contributed by atoms with Gasteiger partial charge in [-0.3, -0.25) is 4.90 Å². The molecule has 0 aromatic rings. The van der Waals surface area contributed by atoms with Gasteiger partial charge in [-0.15, -0.1) is 0 Å². The van der Waals surface area contributed by atoms with Gasteiger partial charge in [-0.1, -0.05) is 6.42 Å². The summed E-state index contributed by atoms with van der Waals surface area (Å²) in [6.45, 7) is 5.20. The molecule has 3 fully saturated rings. The van der Waals surface area contributed by atoms with E-state index in [-0.39, 0.29) is 0 Å². The molecule has 0 bridgehead atoms. The average Bonchev–Trinajstić information content (AvgIpc) is 2.91. The standard InChI is InChI=1S/C14H27N3/c1-16-8-3-2-5-12(16)11-15-13-7-10-17-9-4-6-14(13)17/h12-15H,2-11H2,1H3. The number of nitrogens with zero attached hydrogens (tertiary/aromatic N) is 2. The Morgan fingerprint density at radius 2 is 1.94 bits per heavy atom. The maximum atomic E-state index is 3.87. The fourth-order valence-corrected chi connectivity index (χ4v) is 4.01. The van der Waals surface area contributed by atoms with Crippen LogP contribution in [0.2, 0.25) is 0 Å². The summed E-state index contributed by atoms with van der Waals surface area (Å²) >= 11 is 0. The second kappa shape index (κ2) is 5.25. The lowest BCUT2D eigenvalue weighted by Gasteiger charge is -2.34. The van der Waals surface area contributed by atoms with E-state index in [1.807, 2.05) is 0 Å². The van der Waals surface area contributed by atoms with Crippen LogP contribution in [-0.4, -0.2) is 61.2 Å². The highest BCUT2D eigenvalue weighted by molar-refractivity contribution is 4.96. The minimum absolute atomic E-state index is 0.785. The molecule has 0 aliphatic carbocycles. The third kappa shape index (κ3) is 2.51. The average molecular weight is 237 g/mol. The molecule has 1 N–H and O–H groups in total. The first kappa shape index (κ1) is 11.9.